The van der Waals surface area contributed by atoms with Crippen molar-refractivity contribution < 1.29 is 13.9 Å². The van der Waals surface area contributed by atoms with Crippen LogP contribution in [0, 0.1) is 12.2 Å². The van der Waals surface area contributed by atoms with Gasteiger partial charge in [0, 0.05) is 12.8 Å². The van der Waals surface area contributed by atoms with Gasteiger partial charge in [0.2, 0.25) is 0 Å². The summed E-state index contributed by atoms with van der Waals surface area (Å²) in [7, 11) is 0. The van der Waals surface area contributed by atoms with Crippen LogP contribution in [0.4, 0.5) is 4.39 Å². The van der Waals surface area contributed by atoms with Gasteiger partial charge in [-0.3, -0.25) is 4.79 Å². The number of carbonyl (C=O) groups is 1. The Labute approximate surface area is 88.1 Å². The van der Waals surface area contributed by atoms with Gasteiger partial charge in [0.15, 0.2) is 0 Å². The quantitative estimate of drug-likeness (QED) is 0.711. The van der Waals surface area contributed by atoms with E-state index in [0.717, 1.165) is 12.0 Å². The second-order valence-corrected chi connectivity index (χ2v) is 3.64. The number of carbonyl (C=O) groups excluding carboxylic acids is 1. The zero-order chi connectivity index (χ0) is 10.7. The maximum atomic E-state index is 12.8. The highest BCUT2D eigenvalue weighted by Crippen LogP contribution is 2.18. The van der Waals surface area contributed by atoms with Gasteiger partial charge in [0.25, 0.3) is 0 Å². The highest BCUT2D eigenvalue weighted by atomic mass is 19.1. The molecule has 79 valence electrons. The number of rotatable bonds is 3. The summed E-state index contributed by atoms with van der Waals surface area (Å²) in [6.45, 7) is 0. The van der Waals surface area contributed by atoms with Crippen LogP contribution in [-0.2, 0) is 16.0 Å². The van der Waals surface area contributed by atoms with E-state index in [0.29, 0.717) is 12.8 Å². The molecule has 0 spiro atoms. The molecule has 1 aromatic carbocycles. The highest BCUT2D eigenvalue weighted by molar-refractivity contribution is 5.71. The maximum Gasteiger partial charge on any atom is 0.306 e. The molecule has 1 heterocycles. The molecular weight excluding hydrogens is 195 g/mol. The molecule has 0 aromatic heterocycles. The second kappa shape index (κ2) is 4.43. The van der Waals surface area contributed by atoms with Crippen molar-refractivity contribution in [1.29, 1.82) is 0 Å². The van der Waals surface area contributed by atoms with Crippen LogP contribution in [0.2, 0.25) is 0 Å². The predicted octanol–water partition coefficient (Wildman–Crippen LogP) is 2.28. The molecule has 1 aliphatic heterocycles. The fourth-order valence-electron chi connectivity index (χ4n) is 1.64. The van der Waals surface area contributed by atoms with Crippen LogP contribution in [-0.4, -0.2) is 12.1 Å². The monoisotopic (exact) mass is 207 g/mol. The van der Waals surface area contributed by atoms with E-state index >= 15 is 0 Å². The van der Waals surface area contributed by atoms with Crippen molar-refractivity contribution in [2.24, 2.45) is 0 Å². The first kappa shape index (κ1) is 10.1. The summed E-state index contributed by atoms with van der Waals surface area (Å²) in [4.78, 5) is 10.8. The fourth-order valence-corrected chi connectivity index (χ4v) is 1.64. The van der Waals surface area contributed by atoms with Crippen molar-refractivity contribution in [3.63, 3.8) is 0 Å². The maximum absolute atomic E-state index is 12.8. The van der Waals surface area contributed by atoms with Gasteiger partial charge in [-0.1, -0.05) is 12.1 Å². The van der Waals surface area contributed by atoms with Crippen molar-refractivity contribution >= 4 is 5.97 Å². The minimum atomic E-state index is -0.232. The molecule has 0 bridgehead atoms. The molecule has 15 heavy (non-hydrogen) atoms. The lowest BCUT2D eigenvalue weighted by atomic mass is 10.1. The van der Waals surface area contributed by atoms with Gasteiger partial charge in [0.1, 0.15) is 11.9 Å². The first-order valence-electron chi connectivity index (χ1n) is 5.01. The molecule has 0 aliphatic carbocycles. The van der Waals surface area contributed by atoms with Crippen molar-refractivity contribution in [3.05, 3.63) is 42.1 Å². The smallest absolute Gasteiger partial charge is 0.306 e. The average molecular weight is 207 g/mol. The third kappa shape index (κ3) is 2.78. The largest absolute Gasteiger partial charge is 0.462 e. The summed E-state index contributed by atoms with van der Waals surface area (Å²) in [5.41, 5.74) is 0.901. The van der Waals surface area contributed by atoms with Crippen LogP contribution in [0.5, 0.6) is 0 Å². The molecular formula is C12H12FO2. The standard InChI is InChI=1S/C12H12FO2/c13-10-3-1-2-9(8-10)4-5-11-6-7-12(14)15-11/h1-3,5,8,11H,4,6-7H2. The molecule has 1 radical (unpaired) electrons. The molecule has 3 heteroatoms. The molecule has 1 fully saturated rings. The van der Waals surface area contributed by atoms with Gasteiger partial charge in [-0.15, -0.1) is 0 Å². The second-order valence-electron chi connectivity index (χ2n) is 3.64. The van der Waals surface area contributed by atoms with Gasteiger partial charge >= 0.3 is 5.97 Å². The van der Waals surface area contributed by atoms with Gasteiger partial charge in [0.05, 0.1) is 0 Å². The van der Waals surface area contributed by atoms with E-state index in [-0.39, 0.29) is 17.9 Å². The van der Waals surface area contributed by atoms with Crippen LogP contribution >= 0.6 is 0 Å². The van der Waals surface area contributed by atoms with Gasteiger partial charge in [-0.05, 0) is 30.5 Å². The summed E-state index contributed by atoms with van der Waals surface area (Å²) in [5.74, 6) is -0.375. The van der Waals surface area contributed by atoms with Gasteiger partial charge in [-0.2, -0.15) is 0 Å². The number of hydrogen-bond acceptors (Lipinski definition) is 2. The molecule has 0 amide bonds. The van der Waals surface area contributed by atoms with E-state index < -0.39 is 0 Å². The number of esters is 1. The molecule has 2 nitrogen and oxygen atoms in total. The van der Waals surface area contributed by atoms with Crippen molar-refractivity contribution in [2.45, 2.75) is 25.4 Å². The molecule has 1 atom stereocenters. The number of hydrogen-bond donors (Lipinski definition) is 0. The Balaban J connectivity index is 1.85. The zero-order valence-electron chi connectivity index (χ0n) is 8.28. The lowest BCUT2D eigenvalue weighted by Gasteiger charge is -2.08. The molecule has 1 unspecified atom stereocenters. The van der Waals surface area contributed by atoms with Crippen LogP contribution in [0.15, 0.2) is 24.3 Å². The highest BCUT2D eigenvalue weighted by Gasteiger charge is 2.22. The Morgan fingerprint density at radius 2 is 2.40 bits per heavy atom. The first-order valence-corrected chi connectivity index (χ1v) is 5.01. The van der Waals surface area contributed by atoms with E-state index in [4.69, 9.17) is 4.74 Å². The Hall–Kier alpha value is -1.38. The SMILES string of the molecule is O=C1CCC([CH]Cc2cccc(F)c2)O1. The zero-order valence-corrected chi connectivity index (χ0v) is 8.28. The van der Waals surface area contributed by atoms with Crippen LogP contribution in [0.3, 0.4) is 0 Å². The fraction of sp³-hybridized carbons (Fsp3) is 0.333. The summed E-state index contributed by atoms with van der Waals surface area (Å²) in [5, 5.41) is 0. The summed E-state index contributed by atoms with van der Waals surface area (Å²) >= 11 is 0. The van der Waals surface area contributed by atoms with Crippen molar-refractivity contribution in [2.75, 3.05) is 0 Å². The number of cyclic esters (lactones) is 1. The number of halogens is 1. The molecule has 2 rings (SSSR count). The Morgan fingerprint density at radius 1 is 1.53 bits per heavy atom. The number of benzene rings is 1. The Kier molecular flexibility index (Phi) is 2.99. The topological polar surface area (TPSA) is 26.3 Å². The minimum Gasteiger partial charge on any atom is -0.462 e. The molecule has 0 saturated carbocycles. The summed E-state index contributed by atoms with van der Waals surface area (Å²) < 4.78 is 17.9. The normalized spacial score (nSPS) is 20.3. The van der Waals surface area contributed by atoms with Gasteiger partial charge in [-0.25, -0.2) is 4.39 Å². The van der Waals surface area contributed by atoms with E-state index in [1.165, 1.54) is 12.1 Å². The molecule has 1 aliphatic rings. The minimum absolute atomic E-state index is 0.0965. The lowest BCUT2D eigenvalue weighted by molar-refractivity contribution is -0.140. The average Bonchev–Trinajstić information content (AvgIpc) is 2.62. The van der Waals surface area contributed by atoms with E-state index in [9.17, 15) is 9.18 Å². The van der Waals surface area contributed by atoms with Crippen molar-refractivity contribution in [1.82, 2.24) is 0 Å². The number of ether oxygens (including phenoxy) is 1. The molecule has 0 N–H and O–H groups in total. The summed E-state index contributed by atoms with van der Waals surface area (Å²) in [6, 6.07) is 6.45. The molecule has 1 saturated heterocycles. The van der Waals surface area contributed by atoms with E-state index in [1.54, 1.807) is 6.07 Å². The lowest BCUT2D eigenvalue weighted by Crippen LogP contribution is -2.08. The van der Waals surface area contributed by atoms with Crippen LogP contribution < -0.4 is 0 Å². The van der Waals surface area contributed by atoms with E-state index in [1.807, 2.05) is 12.5 Å². The van der Waals surface area contributed by atoms with Crippen LogP contribution in [0.25, 0.3) is 0 Å². The Morgan fingerprint density at radius 3 is 3.07 bits per heavy atom. The van der Waals surface area contributed by atoms with Gasteiger partial charge < -0.3 is 4.74 Å². The Bertz CT molecular complexity index is 362. The first-order chi connectivity index (χ1) is 7.24. The summed E-state index contributed by atoms with van der Waals surface area (Å²) in [6.07, 6.45) is 3.69. The predicted molar refractivity (Wildman–Crippen MR) is 53.5 cm³/mol. The molecule has 1 aromatic rings. The third-order valence-corrected chi connectivity index (χ3v) is 2.42. The van der Waals surface area contributed by atoms with E-state index in [2.05, 4.69) is 0 Å². The van der Waals surface area contributed by atoms with Crippen molar-refractivity contribution in [3.8, 4) is 0 Å². The third-order valence-electron chi connectivity index (χ3n) is 2.42. The van der Waals surface area contributed by atoms with Crippen LogP contribution in [0.1, 0.15) is 18.4 Å².